The SMILES string of the molecule is CCOc1cc(N)cc(C(=O)N2CCn3cnnc3C2)c1. The second-order valence-electron chi connectivity index (χ2n) is 4.89. The van der Waals surface area contributed by atoms with E-state index in [0.29, 0.717) is 43.2 Å². The fraction of sp³-hybridized carbons (Fsp3) is 0.357. The number of rotatable bonds is 3. The average Bonchev–Trinajstić information content (AvgIpc) is 2.93. The molecule has 2 aromatic rings. The molecule has 0 unspecified atom stereocenters. The summed E-state index contributed by atoms with van der Waals surface area (Å²) in [5.74, 6) is 1.34. The van der Waals surface area contributed by atoms with Crippen LogP contribution in [0.2, 0.25) is 0 Å². The van der Waals surface area contributed by atoms with Gasteiger partial charge >= 0.3 is 0 Å². The number of nitrogen functional groups attached to an aromatic ring is 1. The Morgan fingerprint density at radius 3 is 3.05 bits per heavy atom. The zero-order chi connectivity index (χ0) is 14.8. The summed E-state index contributed by atoms with van der Waals surface area (Å²) < 4.78 is 7.38. The van der Waals surface area contributed by atoms with Crippen molar-refractivity contribution < 1.29 is 9.53 Å². The smallest absolute Gasteiger partial charge is 0.254 e. The molecule has 0 spiro atoms. The Morgan fingerprint density at radius 2 is 2.24 bits per heavy atom. The number of carbonyl (C=O) groups excluding carboxylic acids is 1. The zero-order valence-corrected chi connectivity index (χ0v) is 11.8. The number of amides is 1. The highest BCUT2D eigenvalue weighted by Gasteiger charge is 2.23. The Hall–Kier alpha value is -2.57. The van der Waals surface area contributed by atoms with E-state index in [0.717, 1.165) is 5.82 Å². The van der Waals surface area contributed by atoms with E-state index >= 15 is 0 Å². The summed E-state index contributed by atoms with van der Waals surface area (Å²) in [7, 11) is 0. The van der Waals surface area contributed by atoms with Gasteiger partial charge in [0, 0.05) is 30.4 Å². The average molecular weight is 287 g/mol. The molecule has 2 heterocycles. The third kappa shape index (κ3) is 2.67. The number of nitrogens with two attached hydrogens (primary N) is 1. The van der Waals surface area contributed by atoms with Crippen molar-refractivity contribution in [3.63, 3.8) is 0 Å². The van der Waals surface area contributed by atoms with E-state index in [-0.39, 0.29) is 5.91 Å². The number of hydrogen-bond acceptors (Lipinski definition) is 5. The zero-order valence-electron chi connectivity index (χ0n) is 11.8. The van der Waals surface area contributed by atoms with Crippen molar-refractivity contribution in [2.75, 3.05) is 18.9 Å². The summed E-state index contributed by atoms with van der Waals surface area (Å²) in [5, 5.41) is 7.88. The minimum absolute atomic E-state index is 0.0718. The third-order valence-electron chi connectivity index (χ3n) is 3.41. The largest absolute Gasteiger partial charge is 0.494 e. The molecule has 0 saturated carbocycles. The topological polar surface area (TPSA) is 86.3 Å². The fourth-order valence-corrected chi connectivity index (χ4v) is 2.42. The van der Waals surface area contributed by atoms with Crippen molar-refractivity contribution in [3.8, 4) is 5.75 Å². The van der Waals surface area contributed by atoms with Gasteiger partial charge in [-0.2, -0.15) is 0 Å². The van der Waals surface area contributed by atoms with Crippen molar-refractivity contribution in [2.45, 2.75) is 20.0 Å². The Bertz CT molecular complexity index is 667. The summed E-state index contributed by atoms with van der Waals surface area (Å²) >= 11 is 0. The molecule has 21 heavy (non-hydrogen) atoms. The summed E-state index contributed by atoms with van der Waals surface area (Å²) in [6, 6.07) is 5.11. The number of hydrogen-bond donors (Lipinski definition) is 1. The van der Waals surface area contributed by atoms with Crippen molar-refractivity contribution in [1.29, 1.82) is 0 Å². The van der Waals surface area contributed by atoms with Gasteiger partial charge in [0.1, 0.15) is 12.1 Å². The maximum atomic E-state index is 12.6. The lowest BCUT2D eigenvalue weighted by Gasteiger charge is -2.27. The van der Waals surface area contributed by atoms with E-state index in [4.69, 9.17) is 10.5 Å². The first kappa shape index (κ1) is 13.4. The molecule has 0 fully saturated rings. The van der Waals surface area contributed by atoms with Gasteiger partial charge in [-0.1, -0.05) is 0 Å². The highest BCUT2D eigenvalue weighted by molar-refractivity contribution is 5.95. The molecule has 110 valence electrons. The van der Waals surface area contributed by atoms with Gasteiger partial charge in [-0.05, 0) is 19.1 Å². The van der Waals surface area contributed by atoms with Crippen LogP contribution in [0.4, 0.5) is 5.69 Å². The molecule has 1 aliphatic rings. The van der Waals surface area contributed by atoms with Gasteiger partial charge in [0.15, 0.2) is 5.82 Å². The van der Waals surface area contributed by atoms with Gasteiger partial charge in [0.2, 0.25) is 0 Å². The van der Waals surface area contributed by atoms with Crippen LogP contribution in [0.3, 0.4) is 0 Å². The monoisotopic (exact) mass is 287 g/mol. The lowest BCUT2D eigenvalue weighted by atomic mass is 10.1. The minimum Gasteiger partial charge on any atom is -0.494 e. The molecule has 0 bridgehead atoms. The summed E-state index contributed by atoms with van der Waals surface area (Å²) in [6.45, 7) is 4.21. The molecule has 7 nitrogen and oxygen atoms in total. The van der Waals surface area contributed by atoms with E-state index in [9.17, 15) is 4.79 Å². The van der Waals surface area contributed by atoms with E-state index in [1.165, 1.54) is 0 Å². The van der Waals surface area contributed by atoms with E-state index in [1.807, 2.05) is 11.5 Å². The van der Waals surface area contributed by atoms with Crippen molar-refractivity contribution in [2.24, 2.45) is 0 Å². The molecule has 7 heteroatoms. The van der Waals surface area contributed by atoms with E-state index in [1.54, 1.807) is 29.4 Å². The first-order valence-corrected chi connectivity index (χ1v) is 6.86. The van der Waals surface area contributed by atoms with Gasteiger partial charge in [-0.3, -0.25) is 4.79 Å². The molecule has 2 N–H and O–H groups in total. The predicted octanol–water partition coefficient (Wildman–Crippen LogP) is 0.915. The minimum atomic E-state index is -0.0718. The fourth-order valence-electron chi connectivity index (χ4n) is 2.42. The number of nitrogens with zero attached hydrogens (tertiary/aromatic N) is 4. The Morgan fingerprint density at radius 1 is 1.38 bits per heavy atom. The van der Waals surface area contributed by atoms with Crippen LogP contribution in [0.15, 0.2) is 24.5 Å². The van der Waals surface area contributed by atoms with Crippen LogP contribution in [0.1, 0.15) is 23.1 Å². The normalized spacial score (nSPS) is 13.9. The van der Waals surface area contributed by atoms with Crippen molar-refractivity contribution in [1.82, 2.24) is 19.7 Å². The van der Waals surface area contributed by atoms with Crippen LogP contribution >= 0.6 is 0 Å². The second-order valence-corrected chi connectivity index (χ2v) is 4.89. The number of aromatic nitrogens is 3. The maximum Gasteiger partial charge on any atom is 0.254 e. The predicted molar refractivity (Wildman–Crippen MR) is 76.8 cm³/mol. The Kier molecular flexibility index (Phi) is 3.47. The standard InChI is InChI=1S/C14H17N5O2/c1-2-21-12-6-10(5-11(15)7-12)14(20)18-3-4-19-9-16-17-13(19)8-18/h5-7,9H,2-4,8,15H2,1H3. The molecule has 0 aliphatic carbocycles. The lowest BCUT2D eigenvalue weighted by Crippen LogP contribution is -2.38. The summed E-state index contributed by atoms with van der Waals surface area (Å²) in [5.41, 5.74) is 6.89. The molecule has 0 atom stereocenters. The van der Waals surface area contributed by atoms with Crippen molar-refractivity contribution >= 4 is 11.6 Å². The molecule has 0 saturated heterocycles. The van der Waals surface area contributed by atoms with Crippen LogP contribution in [-0.4, -0.2) is 38.7 Å². The molecule has 1 aromatic carbocycles. The number of fused-ring (bicyclic) bond motifs is 1. The first-order chi connectivity index (χ1) is 10.2. The number of anilines is 1. The number of ether oxygens (including phenoxy) is 1. The molecular weight excluding hydrogens is 270 g/mol. The highest BCUT2D eigenvalue weighted by Crippen LogP contribution is 2.21. The Labute approximate surface area is 122 Å². The third-order valence-corrected chi connectivity index (χ3v) is 3.41. The second kappa shape index (κ2) is 5.43. The van der Waals surface area contributed by atoms with Crippen LogP contribution < -0.4 is 10.5 Å². The van der Waals surface area contributed by atoms with E-state index in [2.05, 4.69) is 10.2 Å². The molecule has 1 aromatic heterocycles. The van der Waals surface area contributed by atoms with Gasteiger partial charge in [0.05, 0.1) is 13.2 Å². The summed E-state index contributed by atoms with van der Waals surface area (Å²) in [4.78, 5) is 14.3. The quantitative estimate of drug-likeness (QED) is 0.848. The number of benzene rings is 1. The van der Waals surface area contributed by atoms with Crippen LogP contribution in [0, 0.1) is 0 Å². The molecule has 1 aliphatic heterocycles. The highest BCUT2D eigenvalue weighted by atomic mass is 16.5. The molecule has 3 rings (SSSR count). The van der Waals surface area contributed by atoms with Gasteiger partial charge in [-0.15, -0.1) is 10.2 Å². The lowest BCUT2D eigenvalue weighted by molar-refractivity contribution is 0.0707. The van der Waals surface area contributed by atoms with Crippen molar-refractivity contribution in [3.05, 3.63) is 35.9 Å². The molecule has 0 radical (unpaired) electrons. The molecule has 1 amide bonds. The maximum absolute atomic E-state index is 12.6. The van der Waals surface area contributed by atoms with Gasteiger partial charge in [-0.25, -0.2) is 0 Å². The summed E-state index contributed by atoms with van der Waals surface area (Å²) in [6.07, 6.45) is 1.69. The molecular formula is C14H17N5O2. The number of carbonyl (C=O) groups is 1. The van der Waals surface area contributed by atoms with Crippen LogP contribution in [-0.2, 0) is 13.1 Å². The van der Waals surface area contributed by atoms with Crippen LogP contribution in [0.5, 0.6) is 5.75 Å². The Balaban J connectivity index is 1.82. The van der Waals surface area contributed by atoms with Gasteiger partial charge < -0.3 is 19.9 Å². The van der Waals surface area contributed by atoms with Crippen LogP contribution in [0.25, 0.3) is 0 Å². The van der Waals surface area contributed by atoms with E-state index < -0.39 is 0 Å². The first-order valence-electron chi connectivity index (χ1n) is 6.86. The van der Waals surface area contributed by atoms with Gasteiger partial charge in [0.25, 0.3) is 5.91 Å².